The third kappa shape index (κ3) is 7.43. The van der Waals surface area contributed by atoms with Crippen molar-refractivity contribution in [2.24, 2.45) is 5.92 Å². The number of sulfonamides is 1. The summed E-state index contributed by atoms with van der Waals surface area (Å²) in [6.45, 7) is 5.25. The average molecular weight is 521 g/mol. The molecular weight excluding hydrogens is 484 g/mol. The van der Waals surface area contributed by atoms with Crippen LogP contribution in [0.1, 0.15) is 47.9 Å². The summed E-state index contributed by atoms with van der Waals surface area (Å²) in [6, 6.07) is 24.6. The molecule has 0 saturated heterocycles. The van der Waals surface area contributed by atoms with Gasteiger partial charge in [0, 0.05) is 19.6 Å². The number of alkyl carbamates (subject to hydrolysis) is 1. The molecule has 1 saturated carbocycles. The molecule has 1 aliphatic carbocycles. The summed E-state index contributed by atoms with van der Waals surface area (Å²) < 4.78 is 34.4. The molecule has 0 radical (unpaired) electrons. The molecule has 0 unspecified atom stereocenters. The van der Waals surface area contributed by atoms with Crippen molar-refractivity contribution < 1.29 is 17.9 Å². The van der Waals surface area contributed by atoms with Gasteiger partial charge in [0.1, 0.15) is 6.10 Å². The Balaban J connectivity index is 1.34. The fraction of sp³-hybridized carbons (Fsp3) is 0.367. The van der Waals surface area contributed by atoms with Gasteiger partial charge in [-0.15, -0.1) is 0 Å². The van der Waals surface area contributed by atoms with E-state index in [9.17, 15) is 13.2 Å². The van der Waals surface area contributed by atoms with E-state index in [1.54, 1.807) is 28.6 Å². The Bertz CT molecular complexity index is 1270. The molecule has 0 bridgehead atoms. The third-order valence-corrected chi connectivity index (χ3v) is 8.90. The number of hydrogen-bond donors (Lipinski definition) is 1. The molecular formula is C30H36N2O4S. The Morgan fingerprint density at radius 2 is 1.54 bits per heavy atom. The van der Waals surface area contributed by atoms with E-state index in [-0.39, 0.29) is 12.0 Å². The van der Waals surface area contributed by atoms with Gasteiger partial charge in [0.15, 0.2) is 0 Å². The SMILES string of the molecule is Cc1ccc(CNC(=O)OC2CCC(CN(Cc3ccccc3C)S(=O)(=O)c3ccccc3)CC2)cc1. The lowest BCUT2D eigenvalue weighted by Crippen LogP contribution is -2.38. The van der Waals surface area contributed by atoms with Gasteiger partial charge in [-0.2, -0.15) is 4.31 Å². The van der Waals surface area contributed by atoms with Gasteiger partial charge >= 0.3 is 6.09 Å². The summed E-state index contributed by atoms with van der Waals surface area (Å²) in [5.41, 5.74) is 4.28. The lowest BCUT2D eigenvalue weighted by molar-refractivity contribution is 0.0614. The maximum Gasteiger partial charge on any atom is 0.407 e. The van der Waals surface area contributed by atoms with Gasteiger partial charge in [-0.05, 0) is 74.3 Å². The van der Waals surface area contributed by atoms with Crippen molar-refractivity contribution in [1.29, 1.82) is 0 Å². The van der Waals surface area contributed by atoms with Crippen LogP contribution in [0.25, 0.3) is 0 Å². The van der Waals surface area contributed by atoms with E-state index in [0.29, 0.717) is 24.5 Å². The number of carbonyl (C=O) groups is 1. The number of ether oxygens (including phenoxy) is 1. The maximum atomic E-state index is 13.6. The van der Waals surface area contributed by atoms with Crippen molar-refractivity contribution >= 4 is 16.1 Å². The van der Waals surface area contributed by atoms with Gasteiger partial charge in [-0.25, -0.2) is 13.2 Å². The zero-order valence-electron chi connectivity index (χ0n) is 21.6. The van der Waals surface area contributed by atoms with E-state index in [4.69, 9.17) is 4.74 Å². The van der Waals surface area contributed by atoms with Crippen LogP contribution >= 0.6 is 0 Å². The number of rotatable bonds is 9. The van der Waals surface area contributed by atoms with E-state index in [2.05, 4.69) is 5.32 Å². The zero-order chi connectivity index (χ0) is 26.3. The second kappa shape index (κ2) is 12.4. The van der Waals surface area contributed by atoms with E-state index < -0.39 is 16.1 Å². The quantitative estimate of drug-likeness (QED) is 0.377. The summed E-state index contributed by atoms with van der Waals surface area (Å²) >= 11 is 0. The van der Waals surface area contributed by atoms with Crippen molar-refractivity contribution in [1.82, 2.24) is 9.62 Å². The molecule has 0 spiro atoms. The number of nitrogens with one attached hydrogen (secondary N) is 1. The Morgan fingerprint density at radius 3 is 2.22 bits per heavy atom. The van der Waals surface area contributed by atoms with Gasteiger partial charge in [-0.3, -0.25) is 0 Å². The predicted octanol–water partition coefficient (Wildman–Crippen LogP) is 5.98. The average Bonchev–Trinajstić information content (AvgIpc) is 2.90. The molecule has 0 aliphatic heterocycles. The fourth-order valence-electron chi connectivity index (χ4n) is 4.76. The highest BCUT2D eigenvalue weighted by Crippen LogP contribution is 2.30. The molecule has 6 nitrogen and oxygen atoms in total. The van der Waals surface area contributed by atoms with Gasteiger partial charge in [0.25, 0.3) is 0 Å². The largest absolute Gasteiger partial charge is 0.446 e. The van der Waals surface area contributed by atoms with Crippen LogP contribution in [0.3, 0.4) is 0 Å². The fourth-order valence-corrected chi connectivity index (χ4v) is 6.28. The highest BCUT2D eigenvalue weighted by Gasteiger charge is 2.31. The normalized spacial score (nSPS) is 17.9. The Hall–Kier alpha value is -3.16. The van der Waals surface area contributed by atoms with Crippen LogP contribution in [0, 0.1) is 19.8 Å². The first-order valence-electron chi connectivity index (χ1n) is 12.9. The van der Waals surface area contributed by atoms with Crippen LogP contribution in [0.4, 0.5) is 4.79 Å². The maximum absolute atomic E-state index is 13.6. The molecule has 0 heterocycles. The second-order valence-electron chi connectivity index (χ2n) is 9.92. The summed E-state index contributed by atoms with van der Waals surface area (Å²) in [5, 5.41) is 2.83. The smallest absolute Gasteiger partial charge is 0.407 e. The standard InChI is InChI=1S/C30H36N2O4S/c1-23-12-14-25(15-13-23)20-31-30(33)36-28-18-16-26(17-19-28)21-32(22-27-9-7-6-8-24(27)2)37(34,35)29-10-4-3-5-11-29/h3-15,26,28H,16-22H2,1-2H3,(H,31,33). The summed E-state index contributed by atoms with van der Waals surface area (Å²) in [4.78, 5) is 12.6. The molecule has 0 atom stereocenters. The van der Waals surface area contributed by atoms with Crippen LogP contribution in [-0.2, 0) is 27.8 Å². The first-order chi connectivity index (χ1) is 17.8. The molecule has 37 heavy (non-hydrogen) atoms. The van der Waals surface area contributed by atoms with Gasteiger partial charge in [0.05, 0.1) is 4.90 Å². The van der Waals surface area contributed by atoms with Gasteiger partial charge in [0.2, 0.25) is 10.0 Å². The molecule has 0 aromatic heterocycles. The van der Waals surface area contributed by atoms with E-state index in [1.165, 1.54) is 5.56 Å². The number of nitrogens with zero attached hydrogens (tertiary/aromatic N) is 1. The minimum absolute atomic E-state index is 0.148. The molecule has 1 amide bonds. The molecule has 1 N–H and O–H groups in total. The number of hydrogen-bond acceptors (Lipinski definition) is 4. The van der Waals surface area contributed by atoms with Gasteiger partial charge < -0.3 is 10.1 Å². The zero-order valence-corrected chi connectivity index (χ0v) is 22.4. The lowest BCUT2D eigenvalue weighted by Gasteiger charge is -2.32. The monoisotopic (exact) mass is 520 g/mol. The first kappa shape index (κ1) is 26.9. The van der Waals surface area contributed by atoms with Crippen molar-refractivity contribution in [2.75, 3.05) is 6.54 Å². The van der Waals surface area contributed by atoms with Crippen molar-refractivity contribution in [3.63, 3.8) is 0 Å². The Labute approximate surface area is 220 Å². The van der Waals surface area contributed by atoms with Crippen LogP contribution < -0.4 is 5.32 Å². The van der Waals surface area contributed by atoms with Crippen LogP contribution in [0.5, 0.6) is 0 Å². The molecule has 3 aromatic carbocycles. The molecule has 196 valence electrons. The summed E-state index contributed by atoms with van der Waals surface area (Å²) in [5.74, 6) is 0.206. The molecule has 1 aliphatic rings. The predicted molar refractivity (Wildman–Crippen MR) is 145 cm³/mol. The van der Waals surface area contributed by atoms with Crippen molar-refractivity contribution in [2.45, 2.75) is 63.6 Å². The van der Waals surface area contributed by atoms with Crippen molar-refractivity contribution in [3.05, 3.63) is 101 Å². The van der Waals surface area contributed by atoms with E-state index in [1.807, 2.05) is 68.4 Å². The van der Waals surface area contributed by atoms with Gasteiger partial charge in [-0.1, -0.05) is 72.3 Å². The number of amides is 1. The van der Waals surface area contributed by atoms with Crippen LogP contribution in [-0.4, -0.2) is 31.5 Å². The van der Waals surface area contributed by atoms with Crippen LogP contribution in [0.15, 0.2) is 83.8 Å². The van der Waals surface area contributed by atoms with Crippen LogP contribution in [0.2, 0.25) is 0 Å². The minimum atomic E-state index is -3.65. The van der Waals surface area contributed by atoms with E-state index >= 15 is 0 Å². The topological polar surface area (TPSA) is 75.7 Å². The first-order valence-corrected chi connectivity index (χ1v) is 14.3. The summed E-state index contributed by atoms with van der Waals surface area (Å²) in [6.07, 6.45) is 2.52. The number of carbonyl (C=O) groups excluding carboxylic acids is 1. The highest BCUT2D eigenvalue weighted by molar-refractivity contribution is 7.89. The number of aryl methyl sites for hydroxylation is 2. The third-order valence-electron chi connectivity index (χ3n) is 7.08. The summed E-state index contributed by atoms with van der Waals surface area (Å²) in [7, 11) is -3.65. The molecule has 1 fully saturated rings. The van der Waals surface area contributed by atoms with Crippen molar-refractivity contribution in [3.8, 4) is 0 Å². The lowest BCUT2D eigenvalue weighted by atomic mass is 9.87. The van der Waals surface area contributed by atoms with E-state index in [0.717, 1.165) is 42.4 Å². The molecule has 7 heteroatoms. The molecule has 4 rings (SSSR count). The minimum Gasteiger partial charge on any atom is -0.446 e. The number of benzene rings is 3. The highest BCUT2D eigenvalue weighted by atomic mass is 32.2. The Morgan fingerprint density at radius 1 is 0.892 bits per heavy atom. The molecule has 3 aromatic rings. The second-order valence-corrected chi connectivity index (χ2v) is 11.9. The Kier molecular flexibility index (Phi) is 9.00.